The molecule has 4 rings (SSSR count). The van der Waals surface area contributed by atoms with Crippen molar-refractivity contribution in [1.82, 2.24) is 30.5 Å². The van der Waals surface area contributed by atoms with Crippen molar-refractivity contribution in [1.29, 1.82) is 0 Å². The highest BCUT2D eigenvalue weighted by Gasteiger charge is 2.26. The van der Waals surface area contributed by atoms with Crippen molar-refractivity contribution < 1.29 is 9.32 Å². The molecule has 8 nitrogen and oxygen atoms in total. The lowest BCUT2D eigenvalue weighted by atomic mass is 10.0. The number of nitrogens with zero attached hydrogens (tertiary/aromatic N) is 5. The SMILES string of the molecule is CCc1nc(-c2ccc3c(c2)CC[C@H]3NC(=O)c2nnn(C)c2C)no1. The smallest absolute Gasteiger partial charge is 0.274 e. The maximum absolute atomic E-state index is 12.5. The third-order valence-electron chi connectivity index (χ3n) is 4.88. The Morgan fingerprint density at radius 1 is 1.42 bits per heavy atom. The van der Waals surface area contributed by atoms with Crippen LogP contribution in [0, 0.1) is 6.92 Å². The Kier molecular flexibility index (Phi) is 4.02. The first kappa shape index (κ1) is 16.4. The van der Waals surface area contributed by atoms with E-state index >= 15 is 0 Å². The van der Waals surface area contributed by atoms with E-state index in [0.717, 1.165) is 29.7 Å². The molecule has 0 radical (unpaired) electrons. The minimum Gasteiger partial charge on any atom is -0.344 e. The number of carbonyl (C=O) groups is 1. The van der Waals surface area contributed by atoms with E-state index in [1.165, 1.54) is 5.56 Å². The number of aryl methyl sites for hydroxylation is 3. The summed E-state index contributed by atoms with van der Waals surface area (Å²) in [5.41, 5.74) is 4.38. The van der Waals surface area contributed by atoms with Gasteiger partial charge in [0.1, 0.15) is 0 Å². The third kappa shape index (κ3) is 2.77. The highest BCUT2D eigenvalue weighted by molar-refractivity contribution is 5.93. The van der Waals surface area contributed by atoms with Crippen molar-refractivity contribution in [2.75, 3.05) is 0 Å². The number of benzene rings is 1. The van der Waals surface area contributed by atoms with Crippen molar-refractivity contribution in [2.45, 2.75) is 39.2 Å². The fraction of sp³-hybridized carbons (Fsp3) is 0.389. The summed E-state index contributed by atoms with van der Waals surface area (Å²) in [7, 11) is 1.77. The van der Waals surface area contributed by atoms with Crippen molar-refractivity contribution in [3.8, 4) is 11.4 Å². The van der Waals surface area contributed by atoms with E-state index in [1.807, 2.05) is 26.0 Å². The number of nitrogens with one attached hydrogen (secondary N) is 1. The quantitative estimate of drug-likeness (QED) is 0.772. The summed E-state index contributed by atoms with van der Waals surface area (Å²) in [5, 5.41) is 14.9. The standard InChI is InChI=1S/C18H20N6O2/c1-4-15-20-17(22-26-15)12-5-7-13-11(9-12)6-8-14(13)19-18(25)16-10(2)24(3)23-21-16/h5,7,9,14H,4,6,8H2,1-3H3,(H,19,25)/t14-/m1/s1. The van der Waals surface area contributed by atoms with Gasteiger partial charge in [-0.25, -0.2) is 0 Å². The van der Waals surface area contributed by atoms with E-state index in [1.54, 1.807) is 11.7 Å². The van der Waals surface area contributed by atoms with Crippen molar-refractivity contribution in [2.24, 2.45) is 7.05 Å². The Balaban J connectivity index is 1.54. The molecule has 1 aliphatic rings. The summed E-state index contributed by atoms with van der Waals surface area (Å²) < 4.78 is 6.79. The first-order valence-electron chi connectivity index (χ1n) is 8.69. The molecule has 1 N–H and O–H groups in total. The van der Waals surface area contributed by atoms with Crippen molar-refractivity contribution in [3.63, 3.8) is 0 Å². The van der Waals surface area contributed by atoms with Crippen LogP contribution in [0.2, 0.25) is 0 Å². The maximum Gasteiger partial charge on any atom is 0.274 e. The van der Waals surface area contributed by atoms with Crippen molar-refractivity contribution in [3.05, 3.63) is 46.6 Å². The predicted octanol–water partition coefficient (Wildman–Crippen LogP) is 2.15. The Morgan fingerprint density at radius 3 is 2.96 bits per heavy atom. The molecule has 0 saturated carbocycles. The number of fused-ring (bicyclic) bond motifs is 1. The van der Waals surface area contributed by atoms with Gasteiger partial charge in [-0.15, -0.1) is 5.10 Å². The number of hydrogen-bond donors (Lipinski definition) is 1. The zero-order valence-electron chi connectivity index (χ0n) is 15.0. The fourth-order valence-corrected chi connectivity index (χ4v) is 3.26. The highest BCUT2D eigenvalue weighted by Crippen LogP contribution is 2.34. The molecular formula is C18H20N6O2. The van der Waals surface area contributed by atoms with E-state index in [-0.39, 0.29) is 11.9 Å². The molecule has 2 heterocycles. The first-order chi connectivity index (χ1) is 12.6. The fourth-order valence-electron chi connectivity index (χ4n) is 3.26. The molecule has 3 aromatic rings. The number of rotatable bonds is 4. The van der Waals surface area contributed by atoms with Gasteiger partial charge in [-0.3, -0.25) is 9.48 Å². The molecule has 0 bridgehead atoms. The molecule has 0 aliphatic heterocycles. The summed E-state index contributed by atoms with van der Waals surface area (Å²) in [6, 6.07) is 6.07. The molecule has 1 aromatic carbocycles. The Hall–Kier alpha value is -3.03. The van der Waals surface area contributed by atoms with Crippen molar-refractivity contribution >= 4 is 5.91 Å². The van der Waals surface area contributed by atoms with Crippen LogP contribution in [0.5, 0.6) is 0 Å². The van der Waals surface area contributed by atoms with Crippen LogP contribution in [0.15, 0.2) is 22.7 Å². The summed E-state index contributed by atoms with van der Waals surface area (Å²) in [6.07, 6.45) is 2.47. The van der Waals surface area contributed by atoms with E-state index < -0.39 is 0 Å². The molecule has 2 aromatic heterocycles. The predicted molar refractivity (Wildman–Crippen MR) is 93.4 cm³/mol. The van der Waals surface area contributed by atoms with Crippen LogP contribution in [-0.2, 0) is 19.9 Å². The molecule has 1 atom stereocenters. The van der Waals surface area contributed by atoms with Crippen LogP contribution in [0.3, 0.4) is 0 Å². The molecular weight excluding hydrogens is 332 g/mol. The van der Waals surface area contributed by atoms with Gasteiger partial charge in [0, 0.05) is 19.0 Å². The second kappa shape index (κ2) is 6.36. The molecule has 0 saturated heterocycles. The first-order valence-corrected chi connectivity index (χ1v) is 8.69. The van der Waals surface area contributed by atoms with Crippen LogP contribution in [0.1, 0.15) is 52.6 Å². The normalized spacial score (nSPS) is 15.9. The molecule has 0 unspecified atom stereocenters. The van der Waals surface area contributed by atoms with Crippen LogP contribution < -0.4 is 5.32 Å². The van der Waals surface area contributed by atoms with E-state index in [2.05, 4.69) is 31.8 Å². The average Bonchev–Trinajstić information content (AvgIpc) is 3.35. The molecule has 1 amide bonds. The minimum atomic E-state index is -0.191. The molecule has 0 fully saturated rings. The largest absolute Gasteiger partial charge is 0.344 e. The lowest BCUT2D eigenvalue weighted by molar-refractivity contribution is 0.0931. The van der Waals surface area contributed by atoms with Gasteiger partial charge in [0.25, 0.3) is 5.91 Å². The van der Waals surface area contributed by atoms with Gasteiger partial charge in [-0.05, 0) is 37.0 Å². The zero-order valence-corrected chi connectivity index (χ0v) is 15.0. The topological polar surface area (TPSA) is 98.7 Å². The van der Waals surface area contributed by atoms with Gasteiger partial charge >= 0.3 is 0 Å². The highest BCUT2D eigenvalue weighted by atomic mass is 16.5. The summed E-state index contributed by atoms with van der Waals surface area (Å²) in [5.74, 6) is 1.04. The van der Waals surface area contributed by atoms with Gasteiger partial charge < -0.3 is 9.84 Å². The molecule has 0 spiro atoms. The summed E-state index contributed by atoms with van der Waals surface area (Å²) in [4.78, 5) is 16.9. The van der Waals surface area contributed by atoms with Gasteiger partial charge in [0.2, 0.25) is 11.7 Å². The summed E-state index contributed by atoms with van der Waals surface area (Å²) in [6.45, 7) is 3.81. The molecule has 26 heavy (non-hydrogen) atoms. The third-order valence-corrected chi connectivity index (χ3v) is 4.88. The average molecular weight is 352 g/mol. The zero-order chi connectivity index (χ0) is 18.3. The van der Waals surface area contributed by atoms with Crippen LogP contribution >= 0.6 is 0 Å². The maximum atomic E-state index is 12.5. The van der Waals surface area contributed by atoms with Crippen LogP contribution in [0.4, 0.5) is 0 Å². The molecule has 8 heteroatoms. The minimum absolute atomic E-state index is 0.0237. The van der Waals surface area contributed by atoms with E-state index in [4.69, 9.17) is 4.52 Å². The number of carbonyl (C=O) groups excluding carboxylic acids is 1. The monoisotopic (exact) mass is 352 g/mol. The Bertz CT molecular complexity index is 974. The Labute approximate surface area is 150 Å². The molecule has 134 valence electrons. The summed E-state index contributed by atoms with van der Waals surface area (Å²) >= 11 is 0. The molecule has 1 aliphatic carbocycles. The van der Waals surface area contributed by atoms with Gasteiger partial charge in [0.15, 0.2) is 5.69 Å². The van der Waals surface area contributed by atoms with Crippen LogP contribution in [-0.4, -0.2) is 31.0 Å². The van der Waals surface area contributed by atoms with E-state index in [9.17, 15) is 4.79 Å². The van der Waals surface area contributed by atoms with Gasteiger partial charge in [-0.1, -0.05) is 29.4 Å². The second-order valence-corrected chi connectivity index (χ2v) is 6.49. The Morgan fingerprint density at radius 2 is 2.27 bits per heavy atom. The van der Waals surface area contributed by atoms with Crippen LogP contribution in [0.25, 0.3) is 11.4 Å². The van der Waals surface area contributed by atoms with Gasteiger partial charge in [-0.2, -0.15) is 4.98 Å². The van der Waals surface area contributed by atoms with Gasteiger partial charge in [0.05, 0.1) is 11.7 Å². The number of aromatic nitrogens is 5. The number of hydrogen-bond acceptors (Lipinski definition) is 6. The second-order valence-electron chi connectivity index (χ2n) is 6.49. The lowest BCUT2D eigenvalue weighted by Crippen LogP contribution is -2.28. The number of amides is 1. The van der Waals surface area contributed by atoms with E-state index in [0.29, 0.717) is 23.8 Å². The lowest BCUT2D eigenvalue weighted by Gasteiger charge is -2.13.